The zero-order chi connectivity index (χ0) is 14.7. The zero-order valence-corrected chi connectivity index (χ0v) is 14.4. The first-order valence-electron chi connectivity index (χ1n) is 8.01. The Hall–Kier alpha value is -0.610. The Labute approximate surface area is 127 Å². The maximum Gasteiger partial charge on any atom is 0.186 e. The molecule has 0 amide bonds. The molecule has 2 rings (SSSR count). The Morgan fingerprint density at radius 1 is 1.40 bits per heavy atom. The minimum absolute atomic E-state index is 0.527. The third-order valence-corrected chi connectivity index (χ3v) is 5.53. The van der Waals surface area contributed by atoms with Gasteiger partial charge >= 0.3 is 0 Å². The molecule has 2 atom stereocenters. The smallest absolute Gasteiger partial charge is 0.186 e. The van der Waals surface area contributed by atoms with E-state index in [9.17, 15) is 0 Å². The summed E-state index contributed by atoms with van der Waals surface area (Å²) in [5.41, 5.74) is 1.28. The van der Waals surface area contributed by atoms with E-state index >= 15 is 0 Å². The summed E-state index contributed by atoms with van der Waals surface area (Å²) >= 11 is 1.89. The van der Waals surface area contributed by atoms with Crippen molar-refractivity contribution in [3.63, 3.8) is 0 Å². The molecule has 1 aliphatic rings. The van der Waals surface area contributed by atoms with Crippen molar-refractivity contribution in [1.29, 1.82) is 0 Å². The number of anilines is 1. The molecule has 0 bridgehead atoms. The van der Waals surface area contributed by atoms with Crippen LogP contribution in [0.15, 0.2) is 0 Å². The van der Waals surface area contributed by atoms with Gasteiger partial charge in [-0.25, -0.2) is 4.98 Å². The number of hydrogen-bond acceptors (Lipinski definition) is 4. The van der Waals surface area contributed by atoms with Crippen LogP contribution in [0.1, 0.15) is 58.0 Å². The van der Waals surface area contributed by atoms with E-state index in [0.717, 1.165) is 18.9 Å². The molecule has 2 heterocycles. The highest BCUT2D eigenvalue weighted by Crippen LogP contribution is 2.33. The minimum Gasteiger partial charge on any atom is -0.345 e. The van der Waals surface area contributed by atoms with Gasteiger partial charge in [0.15, 0.2) is 5.13 Å². The van der Waals surface area contributed by atoms with E-state index in [2.05, 4.69) is 44.8 Å². The van der Waals surface area contributed by atoms with E-state index in [-0.39, 0.29) is 0 Å². The fourth-order valence-corrected chi connectivity index (χ4v) is 4.02. The van der Waals surface area contributed by atoms with Crippen molar-refractivity contribution in [1.82, 2.24) is 10.3 Å². The fraction of sp³-hybridized carbons (Fsp3) is 0.812. The summed E-state index contributed by atoms with van der Waals surface area (Å²) in [5.74, 6) is 0.773. The lowest BCUT2D eigenvalue weighted by Gasteiger charge is -2.37. The van der Waals surface area contributed by atoms with Gasteiger partial charge in [-0.05, 0) is 32.1 Å². The molecule has 4 heteroatoms. The van der Waals surface area contributed by atoms with Gasteiger partial charge in [-0.2, -0.15) is 0 Å². The van der Waals surface area contributed by atoms with Crippen LogP contribution < -0.4 is 10.2 Å². The van der Waals surface area contributed by atoms with Crippen molar-refractivity contribution in [3.05, 3.63) is 10.6 Å². The highest BCUT2D eigenvalue weighted by Gasteiger charge is 2.27. The molecule has 1 aliphatic heterocycles. The SMILES string of the molecule is CCc1nc(N2CCCC(C)C2C)sc1CNC(C)C. The second-order valence-electron chi connectivity index (χ2n) is 6.31. The van der Waals surface area contributed by atoms with Crippen LogP contribution >= 0.6 is 11.3 Å². The number of rotatable bonds is 5. The van der Waals surface area contributed by atoms with Gasteiger partial charge in [-0.15, -0.1) is 11.3 Å². The quantitative estimate of drug-likeness (QED) is 0.895. The highest BCUT2D eigenvalue weighted by molar-refractivity contribution is 7.15. The van der Waals surface area contributed by atoms with Gasteiger partial charge in [0.05, 0.1) is 5.69 Å². The van der Waals surface area contributed by atoms with Crippen LogP contribution in [0.2, 0.25) is 0 Å². The second-order valence-corrected chi connectivity index (χ2v) is 7.37. The minimum atomic E-state index is 0.527. The van der Waals surface area contributed by atoms with Gasteiger partial charge < -0.3 is 10.2 Å². The molecule has 0 spiro atoms. The predicted octanol–water partition coefficient (Wildman–Crippen LogP) is 3.83. The topological polar surface area (TPSA) is 28.2 Å². The lowest BCUT2D eigenvalue weighted by molar-refractivity contribution is 0.363. The number of aromatic nitrogens is 1. The van der Waals surface area contributed by atoms with Gasteiger partial charge in [-0.1, -0.05) is 27.7 Å². The normalized spacial score (nSPS) is 23.6. The van der Waals surface area contributed by atoms with Crippen LogP contribution in [0.25, 0.3) is 0 Å². The molecule has 3 nitrogen and oxygen atoms in total. The Kier molecular flexibility index (Phi) is 5.44. The van der Waals surface area contributed by atoms with Gasteiger partial charge in [0.25, 0.3) is 0 Å². The first-order valence-corrected chi connectivity index (χ1v) is 8.83. The molecule has 0 aliphatic carbocycles. The van der Waals surface area contributed by atoms with E-state index in [1.54, 1.807) is 0 Å². The third-order valence-electron chi connectivity index (χ3n) is 4.39. The zero-order valence-electron chi connectivity index (χ0n) is 13.6. The molecule has 0 saturated carbocycles. The summed E-state index contributed by atoms with van der Waals surface area (Å²) < 4.78 is 0. The summed E-state index contributed by atoms with van der Waals surface area (Å²) in [5, 5.41) is 4.76. The van der Waals surface area contributed by atoms with Gasteiger partial charge in [-0.3, -0.25) is 0 Å². The van der Waals surface area contributed by atoms with Crippen molar-refractivity contribution in [2.45, 2.75) is 72.5 Å². The van der Waals surface area contributed by atoms with Crippen molar-refractivity contribution in [2.24, 2.45) is 5.92 Å². The number of nitrogens with one attached hydrogen (secondary N) is 1. The standard InChI is InChI=1S/C16H29N3S/c1-6-14-15(10-17-11(2)3)20-16(18-14)19-9-7-8-12(4)13(19)5/h11-13,17H,6-10H2,1-5H3. The Morgan fingerprint density at radius 3 is 2.80 bits per heavy atom. The largest absolute Gasteiger partial charge is 0.345 e. The van der Waals surface area contributed by atoms with Crippen LogP contribution in [-0.2, 0) is 13.0 Å². The van der Waals surface area contributed by atoms with Crippen LogP contribution in [0.3, 0.4) is 0 Å². The van der Waals surface area contributed by atoms with Crippen molar-refractivity contribution in [3.8, 4) is 0 Å². The average molecular weight is 295 g/mol. The van der Waals surface area contributed by atoms with Gasteiger partial charge in [0.2, 0.25) is 0 Å². The van der Waals surface area contributed by atoms with Crippen molar-refractivity contribution >= 4 is 16.5 Å². The highest BCUT2D eigenvalue weighted by atomic mass is 32.1. The summed E-state index contributed by atoms with van der Waals surface area (Å²) in [7, 11) is 0. The van der Waals surface area contributed by atoms with Crippen LogP contribution in [-0.4, -0.2) is 23.6 Å². The van der Waals surface area contributed by atoms with E-state index in [4.69, 9.17) is 4.98 Å². The molecule has 1 aromatic heterocycles. The lowest BCUT2D eigenvalue weighted by atomic mass is 9.93. The molecule has 1 saturated heterocycles. The molecular weight excluding hydrogens is 266 g/mol. The lowest BCUT2D eigenvalue weighted by Crippen LogP contribution is -2.42. The van der Waals surface area contributed by atoms with E-state index in [1.165, 1.54) is 35.1 Å². The summed E-state index contributed by atoms with van der Waals surface area (Å²) in [6.45, 7) is 13.4. The van der Waals surface area contributed by atoms with Gasteiger partial charge in [0, 0.05) is 30.1 Å². The summed E-state index contributed by atoms with van der Waals surface area (Å²) in [4.78, 5) is 8.86. The van der Waals surface area contributed by atoms with Crippen molar-refractivity contribution < 1.29 is 0 Å². The second kappa shape index (κ2) is 6.90. The average Bonchev–Trinajstić information content (AvgIpc) is 2.82. The Morgan fingerprint density at radius 2 is 2.15 bits per heavy atom. The van der Waals surface area contributed by atoms with E-state index in [0.29, 0.717) is 12.1 Å². The predicted molar refractivity (Wildman–Crippen MR) is 88.7 cm³/mol. The molecule has 1 N–H and O–H groups in total. The Bertz CT molecular complexity index is 427. The number of thiazole rings is 1. The monoisotopic (exact) mass is 295 g/mol. The summed E-state index contributed by atoms with van der Waals surface area (Å²) in [6.07, 6.45) is 3.68. The fourth-order valence-electron chi connectivity index (χ4n) is 2.81. The molecule has 20 heavy (non-hydrogen) atoms. The first-order chi connectivity index (χ1) is 9.52. The van der Waals surface area contributed by atoms with Crippen LogP contribution in [0, 0.1) is 5.92 Å². The first kappa shape index (κ1) is 15.8. The Balaban J connectivity index is 2.15. The van der Waals surface area contributed by atoms with E-state index < -0.39 is 0 Å². The molecule has 114 valence electrons. The number of nitrogens with zero attached hydrogens (tertiary/aromatic N) is 2. The van der Waals surface area contributed by atoms with Crippen LogP contribution in [0.4, 0.5) is 5.13 Å². The summed E-state index contributed by atoms with van der Waals surface area (Å²) in [6, 6.07) is 1.14. The molecule has 1 aromatic rings. The van der Waals surface area contributed by atoms with E-state index in [1.807, 2.05) is 11.3 Å². The molecule has 2 unspecified atom stereocenters. The van der Waals surface area contributed by atoms with Crippen LogP contribution in [0.5, 0.6) is 0 Å². The number of piperidine rings is 1. The molecule has 0 radical (unpaired) electrons. The maximum atomic E-state index is 4.92. The maximum absolute atomic E-state index is 4.92. The molecular formula is C16H29N3S. The third kappa shape index (κ3) is 3.53. The molecule has 1 fully saturated rings. The van der Waals surface area contributed by atoms with Gasteiger partial charge in [0.1, 0.15) is 0 Å². The number of aryl methyl sites for hydroxylation is 1. The van der Waals surface area contributed by atoms with Crippen molar-refractivity contribution in [2.75, 3.05) is 11.4 Å². The number of hydrogen-bond donors (Lipinski definition) is 1. The molecule has 0 aromatic carbocycles.